The number of aromatic carboxylic acids is 1. The predicted octanol–water partition coefficient (Wildman–Crippen LogP) is 7.05. The summed E-state index contributed by atoms with van der Waals surface area (Å²) < 4.78 is 48.3. The second-order valence-corrected chi connectivity index (χ2v) is 13.7. The first kappa shape index (κ1) is 30.8. The van der Waals surface area contributed by atoms with Crippen LogP contribution in [-0.2, 0) is 16.8 Å². The first-order valence-electron chi connectivity index (χ1n) is 14.9. The van der Waals surface area contributed by atoms with Gasteiger partial charge in [-0.25, -0.2) is 9.78 Å². The molecule has 0 unspecified atom stereocenters. The Morgan fingerprint density at radius 1 is 1.07 bits per heavy atom. The van der Waals surface area contributed by atoms with Crippen molar-refractivity contribution in [2.24, 2.45) is 11.8 Å². The third kappa shape index (κ3) is 6.46. The number of carbonyl (C=O) groups is 2. The maximum absolute atomic E-state index is 14.1. The van der Waals surface area contributed by atoms with Crippen LogP contribution >= 0.6 is 11.3 Å². The van der Waals surface area contributed by atoms with E-state index in [1.54, 1.807) is 11.1 Å². The molecule has 0 atom stereocenters. The third-order valence-corrected chi connectivity index (χ3v) is 10.4. The summed E-state index contributed by atoms with van der Waals surface area (Å²) in [6, 6.07) is 4.91. The molecule has 3 saturated carbocycles. The van der Waals surface area contributed by atoms with E-state index in [-0.39, 0.29) is 52.3 Å². The Morgan fingerprint density at radius 3 is 2.31 bits per heavy atom. The van der Waals surface area contributed by atoms with Gasteiger partial charge in [0.25, 0.3) is 0 Å². The summed E-state index contributed by atoms with van der Waals surface area (Å²) in [5.74, 6) is -0.660. The molecule has 0 saturated heterocycles. The lowest BCUT2D eigenvalue weighted by atomic mass is 9.81. The van der Waals surface area contributed by atoms with Gasteiger partial charge in [-0.05, 0) is 102 Å². The SMILES string of the molecule is CN(C)Cc1ccnc(O[C@H]2CC[C@H](N(c3cc(C4(C(F)(F)F)CC4)sc3C(=O)O)C(=O)[C@H]3CC[C@H](C)CC3)CC2)c1. The summed E-state index contributed by atoms with van der Waals surface area (Å²) in [7, 11) is 3.98. The van der Waals surface area contributed by atoms with Gasteiger partial charge in [-0.2, -0.15) is 13.2 Å². The van der Waals surface area contributed by atoms with E-state index in [1.807, 2.05) is 26.2 Å². The van der Waals surface area contributed by atoms with Gasteiger partial charge in [0, 0.05) is 35.6 Å². The van der Waals surface area contributed by atoms with Crippen LogP contribution in [0.4, 0.5) is 18.9 Å². The molecule has 7 nitrogen and oxygen atoms in total. The van der Waals surface area contributed by atoms with Gasteiger partial charge < -0.3 is 19.6 Å². The van der Waals surface area contributed by atoms with Crippen LogP contribution in [0.2, 0.25) is 0 Å². The summed E-state index contributed by atoms with van der Waals surface area (Å²) in [5.41, 5.74) is -0.794. The van der Waals surface area contributed by atoms with Crippen molar-refractivity contribution in [3.05, 3.63) is 39.7 Å². The molecule has 3 aliphatic carbocycles. The van der Waals surface area contributed by atoms with Gasteiger partial charge in [-0.1, -0.05) is 6.92 Å². The second kappa shape index (κ2) is 12.1. The molecule has 2 heterocycles. The van der Waals surface area contributed by atoms with Crippen LogP contribution in [0.25, 0.3) is 0 Å². The molecule has 0 spiro atoms. The monoisotopic (exact) mass is 607 g/mol. The fraction of sp³-hybridized carbons (Fsp3) is 0.645. The zero-order chi connectivity index (χ0) is 30.2. The van der Waals surface area contributed by atoms with E-state index in [1.165, 1.54) is 6.07 Å². The van der Waals surface area contributed by atoms with E-state index in [0.29, 0.717) is 61.7 Å². The zero-order valence-electron chi connectivity index (χ0n) is 24.5. The number of hydrogen-bond acceptors (Lipinski definition) is 6. The van der Waals surface area contributed by atoms with Crippen molar-refractivity contribution in [3.8, 4) is 5.88 Å². The smallest absolute Gasteiger partial charge is 0.399 e. The lowest BCUT2D eigenvalue weighted by molar-refractivity contribution is -0.159. The van der Waals surface area contributed by atoms with Crippen molar-refractivity contribution in [2.45, 2.75) is 101 Å². The highest BCUT2D eigenvalue weighted by Gasteiger charge is 2.65. The largest absolute Gasteiger partial charge is 0.477 e. The lowest BCUT2D eigenvalue weighted by Gasteiger charge is -2.39. The number of carboxylic acid groups (broad SMARTS) is 1. The van der Waals surface area contributed by atoms with Crippen LogP contribution in [-0.4, -0.2) is 59.3 Å². The number of ether oxygens (including phenoxy) is 1. The van der Waals surface area contributed by atoms with Crippen molar-refractivity contribution >= 4 is 28.9 Å². The summed E-state index contributed by atoms with van der Waals surface area (Å²) in [4.78, 5) is 34.3. The van der Waals surface area contributed by atoms with Gasteiger partial charge in [-0.15, -0.1) is 11.3 Å². The molecule has 230 valence electrons. The number of halogens is 3. The highest BCUT2D eigenvalue weighted by molar-refractivity contribution is 7.14. The number of alkyl halides is 3. The molecule has 1 N–H and O–H groups in total. The number of nitrogens with zero attached hydrogens (tertiary/aromatic N) is 3. The summed E-state index contributed by atoms with van der Waals surface area (Å²) >= 11 is 0.679. The standard InChI is InChI=1S/C31H40F3N3O4S/c1-19-4-6-21(7-5-19)28(38)37(24-17-25(42-27(24)29(39)40)30(13-14-30)31(32,33)34)22-8-10-23(11-9-22)41-26-16-20(12-15-35-26)18-36(2)3/h12,15-17,19,21-23H,4-11,13-14,18H2,1-3H3,(H,39,40)/t19-,21-,22-,23-. The first-order valence-corrected chi connectivity index (χ1v) is 15.7. The number of anilines is 1. The molecule has 42 heavy (non-hydrogen) atoms. The van der Waals surface area contributed by atoms with Gasteiger partial charge in [0.15, 0.2) is 0 Å². The van der Waals surface area contributed by atoms with E-state index in [2.05, 4.69) is 16.8 Å². The minimum Gasteiger partial charge on any atom is -0.477 e. The molecule has 0 aliphatic heterocycles. The number of carbonyl (C=O) groups excluding carboxylic acids is 1. The topological polar surface area (TPSA) is 83.0 Å². The minimum absolute atomic E-state index is 0.00170. The first-order chi connectivity index (χ1) is 19.9. The highest BCUT2D eigenvalue weighted by atomic mass is 32.1. The van der Waals surface area contributed by atoms with Crippen molar-refractivity contribution in [2.75, 3.05) is 19.0 Å². The predicted molar refractivity (Wildman–Crippen MR) is 155 cm³/mol. The number of carboxylic acids is 1. The van der Waals surface area contributed by atoms with Crippen LogP contribution in [0.3, 0.4) is 0 Å². The molecule has 5 rings (SSSR count). The maximum atomic E-state index is 14.1. The van der Waals surface area contributed by atoms with E-state index < -0.39 is 17.6 Å². The Labute approximate surface area is 249 Å². The second-order valence-electron chi connectivity index (χ2n) is 12.7. The molecule has 3 fully saturated rings. The van der Waals surface area contributed by atoms with Crippen molar-refractivity contribution < 1.29 is 32.6 Å². The molecular formula is C31H40F3N3O4S. The molecular weight excluding hydrogens is 567 g/mol. The fourth-order valence-corrected chi connectivity index (χ4v) is 7.77. The lowest BCUT2D eigenvalue weighted by Crippen LogP contribution is -2.47. The van der Waals surface area contributed by atoms with Crippen molar-refractivity contribution in [3.63, 3.8) is 0 Å². The Kier molecular flexibility index (Phi) is 8.90. The molecule has 11 heteroatoms. The summed E-state index contributed by atoms with van der Waals surface area (Å²) in [6.45, 7) is 2.91. The van der Waals surface area contributed by atoms with Gasteiger partial charge in [-0.3, -0.25) is 4.79 Å². The highest BCUT2D eigenvalue weighted by Crippen LogP contribution is 2.61. The Morgan fingerprint density at radius 2 is 1.74 bits per heavy atom. The van der Waals surface area contributed by atoms with E-state index in [9.17, 15) is 27.9 Å². The number of pyridine rings is 1. The van der Waals surface area contributed by atoms with E-state index >= 15 is 0 Å². The van der Waals surface area contributed by atoms with E-state index in [0.717, 1.165) is 24.9 Å². The zero-order valence-corrected chi connectivity index (χ0v) is 25.3. The summed E-state index contributed by atoms with van der Waals surface area (Å²) in [6.07, 6.45) is 2.61. The normalized spacial score (nSPS) is 25.7. The van der Waals surface area contributed by atoms with Crippen LogP contribution in [0, 0.1) is 11.8 Å². The molecule has 3 aliphatic rings. The molecule has 1 amide bonds. The van der Waals surface area contributed by atoms with Gasteiger partial charge in [0.2, 0.25) is 11.8 Å². The summed E-state index contributed by atoms with van der Waals surface area (Å²) in [5, 5.41) is 10.1. The number of aromatic nitrogens is 1. The van der Waals surface area contributed by atoms with Gasteiger partial charge in [0.1, 0.15) is 16.4 Å². The van der Waals surface area contributed by atoms with Crippen LogP contribution in [0.1, 0.15) is 91.2 Å². The molecule has 2 aromatic rings. The van der Waals surface area contributed by atoms with E-state index in [4.69, 9.17) is 4.74 Å². The third-order valence-electron chi connectivity index (χ3n) is 9.13. The molecule has 2 aromatic heterocycles. The minimum atomic E-state index is -4.47. The average molecular weight is 608 g/mol. The number of amides is 1. The number of hydrogen-bond donors (Lipinski definition) is 1. The van der Waals surface area contributed by atoms with Crippen molar-refractivity contribution in [1.82, 2.24) is 9.88 Å². The number of thiophene rings is 1. The molecule has 0 bridgehead atoms. The van der Waals surface area contributed by atoms with Gasteiger partial charge in [0.05, 0.1) is 5.69 Å². The van der Waals surface area contributed by atoms with Gasteiger partial charge >= 0.3 is 12.1 Å². The fourth-order valence-electron chi connectivity index (χ4n) is 6.51. The van der Waals surface area contributed by atoms with Crippen LogP contribution < -0.4 is 9.64 Å². The average Bonchev–Trinajstić information content (AvgIpc) is 3.64. The number of rotatable bonds is 9. The quantitative estimate of drug-likeness (QED) is 0.329. The van der Waals surface area contributed by atoms with Crippen LogP contribution in [0.5, 0.6) is 5.88 Å². The molecule has 0 radical (unpaired) electrons. The maximum Gasteiger partial charge on any atom is 0.399 e. The Bertz CT molecular complexity index is 1280. The van der Waals surface area contributed by atoms with Crippen molar-refractivity contribution in [1.29, 1.82) is 0 Å². The molecule has 0 aromatic carbocycles. The van der Waals surface area contributed by atoms with Crippen LogP contribution in [0.15, 0.2) is 24.4 Å². The Hall–Kier alpha value is -2.66. The Balaban J connectivity index is 1.39.